The summed E-state index contributed by atoms with van der Waals surface area (Å²) in [5, 5.41) is 9.19. The molecule has 1 atom stereocenters. The van der Waals surface area contributed by atoms with Crippen LogP contribution in [0.5, 0.6) is 0 Å². The highest BCUT2D eigenvalue weighted by Crippen LogP contribution is 2.34. The third-order valence-electron chi connectivity index (χ3n) is 4.45. The van der Waals surface area contributed by atoms with E-state index in [1.54, 1.807) is 9.80 Å². The van der Waals surface area contributed by atoms with Crippen LogP contribution in [0.4, 0.5) is 23.1 Å². The first-order chi connectivity index (χ1) is 11.8. The number of carbonyl (C=O) groups is 1. The monoisotopic (exact) mass is 378 g/mol. The summed E-state index contributed by atoms with van der Waals surface area (Å²) >= 11 is 0.539. The molecule has 1 N–H and O–H groups in total. The number of hydrogen-bond acceptors (Lipinski definition) is 6. The van der Waals surface area contributed by atoms with Crippen LogP contribution >= 0.6 is 11.3 Å². The molecule has 0 bridgehead atoms. The fourth-order valence-electron chi connectivity index (χ4n) is 3.11. The Morgan fingerprint density at radius 1 is 1.20 bits per heavy atom. The van der Waals surface area contributed by atoms with Crippen molar-refractivity contribution in [2.75, 3.05) is 51.2 Å². The predicted molar refractivity (Wildman–Crippen MR) is 87.7 cm³/mol. The van der Waals surface area contributed by atoms with E-state index in [1.165, 1.54) is 0 Å². The highest BCUT2D eigenvalue weighted by molar-refractivity contribution is 7.15. The van der Waals surface area contributed by atoms with Crippen molar-refractivity contribution in [3.05, 3.63) is 5.01 Å². The molecular formula is C14H21F3N6OS. The van der Waals surface area contributed by atoms with E-state index < -0.39 is 11.2 Å². The highest BCUT2D eigenvalue weighted by Gasteiger charge is 2.36. The molecule has 0 saturated carbocycles. The smallest absolute Gasteiger partial charge is 0.343 e. The number of aromatic nitrogens is 2. The van der Waals surface area contributed by atoms with Crippen molar-refractivity contribution < 1.29 is 18.0 Å². The zero-order chi connectivity index (χ0) is 18.0. The first-order valence-electron chi connectivity index (χ1n) is 8.22. The van der Waals surface area contributed by atoms with Crippen LogP contribution in [0.25, 0.3) is 0 Å². The number of carbonyl (C=O) groups excluding carboxylic acids is 1. The van der Waals surface area contributed by atoms with Gasteiger partial charge in [0.15, 0.2) is 0 Å². The predicted octanol–water partition coefficient (Wildman–Crippen LogP) is 1.48. The second-order valence-corrected chi connectivity index (χ2v) is 7.37. The van der Waals surface area contributed by atoms with E-state index in [2.05, 4.69) is 20.4 Å². The van der Waals surface area contributed by atoms with Gasteiger partial charge in [-0.3, -0.25) is 0 Å². The Balaban J connectivity index is 1.49. The van der Waals surface area contributed by atoms with Gasteiger partial charge >= 0.3 is 12.2 Å². The van der Waals surface area contributed by atoms with Crippen LogP contribution < -0.4 is 10.2 Å². The van der Waals surface area contributed by atoms with Crippen LogP contribution in [0.1, 0.15) is 17.8 Å². The van der Waals surface area contributed by atoms with Crippen molar-refractivity contribution in [1.29, 1.82) is 0 Å². The van der Waals surface area contributed by atoms with Crippen LogP contribution in [0, 0.1) is 0 Å². The lowest BCUT2D eigenvalue weighted by Gasteiger charge is -2.36. The molecule has 2 aliphatic heterocycles. The lowest BCUT2D eigenvalue weighted by molar-refractivity contribution is -0.138. The number of rotatable bonds is 2. The van der Waals surface area contributed by atoms with Gasteiger partial charge in [-0.15, -0.1) is 10.2 Å². The number of hydrogen-bond donors (Lipinski definition) is 1. The van der Waals surface area contributed by atoms with Crippen molar-refractivity contribution in [2.24, 2.45) is 0 Å². The van der Waals surface area contributed by atoms with Gasteiger partial charge in [0.2, 0.25) is 10.1 Å². The average molecular weight is 378 g/mol. The van der Waals surface area contributed by atoms with Gasteiger partial charge in [0.25, 0.3) is 0 Å². The van der Waals surface area contributed by atoms with Crippen LogP contribution in [-0.2, 0) is 6.18 Å². The molecule has 0 aliphatic carbocycles. The largest absolute Gasteiger partial charge is 0.445 e. The van der Waals surface area contributed by atoms with Crippen molar-refractivity contribution in [1.82, 2.24) is 25.3 Å². The third kappa shape index (κ3) is 4.51. The van der Waals surface area contributed by atoms with Crippen molar-refractivity contribution >= 4 is 22.5 Å². The van der Waals surface area contributed by atoms with Gasteiger partial charge in [0.05, 0.1) is 0 Å². The highest BCUT2D eigenvalue weighted by atomic mass is 32.1. The SMILES string of the molecule is CN1CCCC(NC(=O)N2CCN(c3nnc(C(F)(F)F)s3)CC2)C1. The Hall–Kier alpha value is -1.62. The Labute approximate surface area is 147 Å². The number of likely N-dealkylation sites (tertiary alicyclic amines) is 1. The van der Waals surface area contributed by atoms with E-state index in [0.29, 0.717) is 37.5 Å². The maximum atomic E-state index is 12.6. The lowest BCUT2D eigenvalue weighted by Crippen LogP contribution is -2.55. The maximum Gasteiger partial charge on any atom is 0.445 e. The molecule has 0 aromatic carbocycles. The number of nitrogens with one attached hydrogen (secondary N) is 1. The fraction of sp³-hybridized carbons (Fsp3) is 0.786. The lowest BCUT2D eigenvalue weighted by atomic mass is 10.1. The molecule has 2 aliphatic rings. The number of piperidine rings is 1. The minimum absolute atomic E-state index is 0.104. The van der Waals surface area contributed by atoms with E-state index >= 15 is 0 Å². The minimum Gasteiger partial charge on any atom is -0.343 e. The van der Waals surface area contributed by atoms with E-state index in [9.17, 15) is 18.0 Å². The van der Waals surface area contributed by atoms with Gasteiger partial charge in [-0.2, -0.15) is 13.2 Å². The minimum atomic E-state index is -4.47. The summed E-state index contributed by atoms with van der Waals surface area (Å²) in [6.07, 6.45) is -2.43. The van der Waals surface area contributed by atoms with Crippen LogP contribution in [0.2, 0.25) is 0 Å². The number of anilines is 1. The van der Waals surface area contributed by atoms with Gasteiger partial charge in [-0.05, 0) is 26.4 Å². The third-order valence-corrected chi connectivity index (χ3v) is 5.48. The molecule has 3 heterocycles. The first-order valence-corrected chi connectivity index (χ1v) is 9.04. The Morgan fingerprint density at radius 2 is 1.92 bits per heavy atom. The molecule has 1 unspecified atom stereocenters. The standard InChI is InChI=1S/C14H21F3N6OS/c1-21-4-2-3-10(9-21)18-12(24)22-5-7-23(8-6-22)13-20-19-11(25-13)14(15,16)17/h10H,2-9H2,1H3,(H,18,24). The van der Waals surface area contributed by atoms with Crippen molar-refractivity contribution in [3.8, 4) is 0 Å². The second-order valence-electron chi connectivity index (χ2n) is 6.41. The fourth-order valence-corrected chi connectivity index (χ4v) is 3.87. The molecule has 25 heavy (non-hydrogen) atoms. The van der Waals surface area contributed by atoms with Gasteiger partial charge < -0.3 is 20.0 Å². The summed E-state index contributed by atoms with van der Waals surface area (Å²) in [5.74, 6) is 0. The summed E-state index contributed by atoms with van der Waals surface area (Å²) in [6, 6.07) is 0.0509. The summed E-state index contributed by atoms with van der Waals surface area (Å²) < 4.78 is 37.8. The molecule has 2 amide bonds. The molecule has 11 heteroatoms. The Bertz CT molecular complexity index is 602. The van der Waals surface area contributed by atoms with Crippen LogP contribution in [-0.4, -0.2) is 78.4 Å². The molecular weight excluding hydrogens is 357 g/mol. The molecule has 1 aromatic rings. The summed E-state index contributed by atoms with van der Waals surface area (Å²) in [4.78, 5) is 18.0. The number of nitrogens with zero attached hydrogens (tertiary/aromatic N) is 5. The van der Waals surface area contributed by atoms with Gasteiger partial charge in [-0.25, -0.2) is 4.79 Å². The van der Waals surface area contributed by atoms with Gasteiger partial charge in [0, 0.05) is 38.8 Å². The number of likely N-dealkylation sites (N-methyl/N-ethyl adjacent to an activating group) is 1. The van der Waals surface area contributed by atoms with E-state index in [0.717, 1.165) is 25.9 Å². The van der Waals surface area contributed by atoms with E-state index in [-0.39, 0.29) is 17.2 Å². The summed E-state index contributed by atoms with van der Waals surface area (Å²) in [7, 11) is 2.04. The van der Waals surface area contributed by atoms with Gasteiger partial charge in [-0.1, -0.05) is 11.3 Å². The molecule has 0 spiro atoms. The van der Waals surface area contributed by atoms with Crippen LogP contribution in [0.15, 0.2) is 0 Å². The van der Waals surface area contributed by atoms with E-state index in [4.69, 9.17) is 0 Å². The van der Waals surface area contributed by atoms with Crippen LogP contribution in [0.3, 0.4) is 0 Å². The number of piperazine rings is 1. The quantitative estimate of drug-likeness (QED) is 0.845. The summed E-state index contributed by atoms with van der Waals surface area (Å²) in [6.45, 7) is 3.70. The number of halogens is 3. The van der Waals surface area contributed by atoms with Gasteiger partial charge in [0.1, 0.15) is 0 Å². The number of alkyl halides is 3. The number of amides is 2. The average Bonchev–Trinajstić information content (AvgIpc) is 3.05. The molecule has 3 rings (SSSR count). The topological polar surface area (TPSA) is 64.6 Å². The maximum absolute atomic E-state index is 12.6. The molecule has 2 saturated heterocycles. The normalized spacial score (nSPS) is 23.0. The zero-order valence-electron chi connectivity index (χ0n) is 13.9. The Kier molecular flexibility index (Phi) is 5.32. The molecule has 1 aromatic heterocycles. The number of urea groups is 1. The molecule has 140 valence electrons. The summed E-state index contributed by atoms with van der Waals surface area (Å²) in [5.41, 5.74) is 0. The zero-order valence-corrected chi connectivity index (χ0v) is 14.7. The molecule has 2 fully saturated rings. The second kappa shape index (κ2) is 7.32. The molecule has 7 nitrogen and oxygen atoms in total. The van der Waals surface area contributed by atoms with Crippen molar-refractivity contribution in [2.45, 2.75) is 25.1 Å². The first kappa shape index (κ1) is 18.2. The Morgan fingerprint density at radius 3 is 2.52 bits per heavy atom. The molecule has 0 radical (unpaired) electrons. The van der Waals surface area contributed by atoms with E-state index in [1.807, 2.05) is 7.05 Å². The van der Waals surface area contributed by atoms with Crippen molar-refractivity contribution in [3.63, 3.8) is 0 Å².